The van der Waals surface area contributed by atoms with Gasteiger partial charge < -0.3 is 15.3 Å². The second-order valence-electron chi connectivity index (χ2n) is 13.6. The summed E-state index contributed by atoms with van der Waals surface area (Å²) in [6.45, 7) is 13.8. The summed E-state index contributed by atoms with van der Waals surface area (Å²) >= 11 is 0. The molecule has 5 aliphatic carbocycles. The number of rotatable bonds is 4. The lowest BCUT2D eigenvalue weighted by Crippen LogP contribution is -2.71. The highest BCUT2D eigenvalue weighted by atomic mass is 16.3. The Bertz CT molecular complexity index is 835. The number of carbonyl (C=O) groups is 1. The van der Waals surface area contributed by atoms with Crippen LogP contribution >= 0.6 is 0 Å². The molecule has 0 aromatic carbocycles. The zero-order valence-electron chi connectivity index (χ0n) is 21.5. The van der Waals surface area contributed by atoms with E-state index in [0.717, 1.165) is 30.1 Å². The van der Waals surface area contributed by atoms with Crippen molar-refractivity contribution < 1.29 is 20.1 Å². The van der Waals surface area contributed by atoms with Gasteiger partial charge in [-0.1, -0.05) is 40.7 Å². The SMILES string of the molecule is CC(C)[C@@H](C)[C@@H]1C[C@@H]1[C@@H](C)[C@H]1CC[C@H]2[C@@H]3C[C@@H](O)[C@@]4(O)CC=CC(=O)[C@]4(C)[C@H]3[C@H](O)C[C@]12C. The van der Waals surface area contributed by atoms with Gasteiger partial charge in [0.25, 0.3) is 0 Å². The van der Waals surface area contributed by atoms with Crippen LogP contribution in [0, 0.1) is 64.1 Å². The van der Waals surface area contributed by atoms with Gasteiger partial charge in [-0.25, -0.2) is 0 Å². The van der Waals surface area contributed by atoms with E-state index in [0.29, 0.717) is 30.6 Å². The third-order valence-electron chi connectivity index (χ3n) is 12.3. The summed E-state index contributed by atoms with van der Waals surface area (Å²) < 4.78 is 0. The minimum absolute atomic E-state index is 0.0350. The Hall–Kier alpha value is -0.710. The third kappa shape index (κ3) is 3.08. The van der Waals surface area contributed by atoms with Crippen LogP contribution in [0.4, 0.5) is 0 Å². The predicted molar refractivity (Wildman–Crippen MR) is 129 cm³/mol. The molecule has 0 aliphatic heterocycles. The lowest BCUT2D eigenvalue weighted by atomic mass is 9.42. The number of hydrogen-bond acceptors (Lipinski definition) is 4. The molecule has 186 valence electrons. The van der Waals surface area contributed by atoms with Crippen LogP contribution in [0.2, 0.25) is 0 Å². The lowest BCUT2D eigenvalue weighted by Gasteiger charge is -2.64. The maximum absolute atomic E-state index is 13.2. The number of allylic oxidation sites excluding steroid dienone is 1. The van der Waals surface area contributed by atoms with Gasteiger partial charge in [0.15, 0.2) is 5.78 Å². The van der Waals surface area contributed by atoms with E-state index in [2.05, 4.69) is 34.6 Å². The summed E-state index contributed by atoms with van der Waals surface area (Å²) in [5.41, 5.74) is -2.57. The fourth-order valence-electron chi connectivity index (χ4n) is 9.97. The molecule has 0 spiro atoms. The van der Waals surface area contributed by atoms with Gasteiger partial charge in [-0.2, -0.15) is 0 Å². The summed E-state index contributed by atoms with van der Waals surface area (Å²) in [7, 11) is 0. The quantitative estimate of drug-likeness (QED) is 0.575. The number of ketones is 1. The van der Waals surface area contributed by atoms with Crippen LogP contribution in [-0.2, 0) is 4.79 Å². The summed E-state index contributed by atoms with van der Waals surface area (Å²) in [5, 5.41) is 34.4. The van der Waals surface area contributed by atoms with Crippen molar-refractivity contribution in [1.82, 2.24) is 0 Å². The molecular weight excluding hydrogens is 412 g/mol. The molecule has 0 unspecified atom stereocenters. The lowest BCUT2D eigenvalue weighted by molar-refractivity contribution is -0.251. The first kappa shape index (κ1) is 24.0. The first-order valence-electron chi connectivity index (χ1n) is 13.7. The molecule has 4 saturated carbocycles. The molecule has 0 bridgehead atoms. The van der Waals surface area contributed by atoms with Gasteiger partial charge in [0.05, 0.1) is 17.6 Å². The maximum Gasteiger partial charge on any atom is 0.164 e. The summed E-state index contributed by atoms with van der Waals surface area (Å²) in [4.78, 5) is 13.2. The second-order valence-corrected chi connectivity index (χ2v) is 13.6. The van der Waals surface area contributed by atoms with E-state index < -0.39 is 23.2 Å². The number of fused-ring (bicyclic) bond motifs is 5. The summed E-state index contributed by atoms with van der Waals surface area (Å²) in [6.07, 6.45) is 6.86. The topological polar surface area (TPSA) is 77.8 Å². The molecule has 3 N–H and O–H groups in total. The van der Waals surface area contributed by atoms with E-state index in [1.807, 2.05) is 6.92 Å². The number of hydrogen-bond donors (Lipinski definition) is 3. The van der Waals surface area contributed by atoms with Gasteiger partial charge in [-0.15, -0.1) is 0 Å². The van der Waals surface area contributed by atoms with E-state index in [-0.39, 0.29) is 29.5 Å². The van der Waals surface area contributed by atoms with Crippen molar-refractivity contribution in [2.45, 2.75) is 97.9 Å². The first-order valence-corrected chi connectivity index (χ1v) is 13.7. The second kappa shape index (κ2) is 7.64. The Morgan fingerprint density at radius 1 is 1.03 bits per heavy atom. The normalized spacial score (nSPS) is 55.0. The molecule has 0 amide bonds. The molecule has 5 aliphatic rings. The molecule has 4 heteroatoms. The smallest absolute Gasteiger partial charge is 0.164 e. The molecule has 0 heterocycles. The first-order chi connectivity index (χ1) is 15.4. The molecule has 13 atom stereocenters. The monoisotopic (exact) mass is 458 g/mol. The zero-order valence-corrected chi connectivity index (χ0v) is 21.5. The molecule has 33 heavy (non-hydrogen) atoms. The van der Waals surface area contributed by atoms with Crippen LogP contribution in [0.1, 0.15) is 80.1 Å². The van der Waals surface area contributed by atoms with Crippen molar-refractivity contribution in [2.75, 3.05) is 0 Å². The third-order valence-corrected chi connectivity index (χ3v) is 12.3. The minimum Gasteiger partial charge on any atom is -0.393 e. The van der Waals surface area contributed by atoms with Crippen molar-refractivity contribution in [2.24, 2.45) is 64.1 Å². The van der Waals surface area contributed by atoms with Gasteiger partial charge in [0.1, 0.15) is 5.60 Å². The Kier molecular flexibility index (Phi) is 5.56. The van der Waals surface area contributed by atoms with Gasteiger partial charge in [0.2, 0.25) is 0 Å². The predicted octanol–water partition coefficient (Wildman–Crippen LogP) is 4.61. The van der Waals surface area contributed by atoms with Gasteiger partial charge in [-0.3, -0.25) is 4.79 Å². The van der Waals surface area contributed by atoms with E-state index in [1.54, 1.807) is 12.2 Å². The van der Waals surface area contributed by atoms with Gasteiger partial charge >= 0.3 is 0 Å². The van der Waals surface area contributed by atoms with Crippen LogP contribution < -0.4 is 0 Å². The molecule has 0 aromatic heterocycles. The number of aliphatic hydroxyl groups excluding tert-OH is 2. The van der Waals surface area contributed by atoms with E-state index in [9.17, 15) is 20.1 Å². The standard InChI is InChI=1S/C29H46O4/c1-15(2)16(3)18-12-19(18)17(4)21-9-10-22-20-13-25(32)29(33)11-7-8-24(31)28(29,6)26(20)23(30)14-27(21,22)5/h7-8,15-23,25-26,30,32-33H,9-14H2,1-6H3/t16-,17-,18+,19-,20+,21-,22+,23-,25-,26-,27-,28-,29+/m1/s1. The minimum atomic E-state index is -1.48. The fraction of sp³-hybridized carbons (Fsp3) is 0.897. The van der Waals surface area contributed by atoms with Crippen LogP contribution in [0.3, 0.4) is 0 Å². The average molecular weight is 459 g/mol. The van der Waals surface area contributed by atoms with Crippen molar-refractivity contribution in [1.29, 1.82) is 0 Å². The molecule has 4 fully saturated rings. The molecule has 0 radical (unpaired) electrons. The van der Waals surface area contributed by atoms with E-state index >= 15 is 0 Å². The van der Waals surface area contributed by atoms with Gasteiger partial charge in [0, 0.05) is 5.92 Å². The number of carbonyl (C=O) groups excluding carboxylic acids is 1. The van der Waals surface area contributed by atoms with Crippen molar-refractivity contribution in [3.05, 3.63) is 12.2 Å². The van der Waals surface area contributed by atoms with Crippen molar-refractivity contribution in [3.63, 3.8) is 0 Å². The van der Waals surface area contributed by atoms with Crippen LogP contribution in [-0.4, -0.2) is 38.9 Å². The highest BCUT2D eigenvalue weighted by Gasteiger charge is 2.71. The Labute approximate surface area is 200 Å². The number of aliphatic hydroxyl groups is 3. The fourth-order valence-corrected chi connectivity index (χ4v) is 9.97. The van der Waals surface area contributed by atoms with Crippen LogP contribution in [0.25, 0.3) is 0 Å². The van der Waals surface area contributed by atoms with E-state index in [4.69, 9.17) is 0 Å². The van der Waals surface area contributed by atoms with Crippen LogP contribution in [0.15, 0.2) is 12.2 Å². The molecule has 0 aromatic rings. The summed E-state index contributed by atoms with van der Waals surface area (Å²) in [5.74, 6) is 4.41. The maximum atomic E-state index is 13.2. The Balaban J connectivity index is 1.43. The van der Waals surface area contributed by atoms with Crippen molar-refractivity contribution >= 4 is 5.78 Å². The average Bonchev–Trinajstić information content (AvgIpc) is 3.45. The van der Waals surface area contributed by atoms with E-state index in [1.165, 1.54) is 12.8 Å². The molecule has 4 nitrogen and oxygen atoms in total. The highest BCUT2D eigenvalue weighted by molar-refractivity contribution is 5.97. The Morgan fingerprint density at radius 3 is 2.39 bits per heavy atom. The summed E-state index contributed by atoms with van der Waals surface area (Å²) in [6, 6.07) is 0. The zero-order chi connectivity index (χ0) is 24.1. The highest BCUT2D eigenvalue weighted by Crippen LogP contribution is 2.69. The van der Waals surface area contributed by atoms with Crippen LogP contribution in [0.5, 0.6) is 0 Å². The molecule has 0 saturated heterocycles. The van der Waals surface area contributed by atoms with Gasteiger partial charge in [-0.05, 0) is 104 Å². The molecular formula is C29H46O4. The van der Waals surface area contributed by atoms with Crippen molar-refractivity contribution in [3.8, 4) is 0 Å². The Morgan fingerprint density at radius 2 is 1.73 bits per heavy atom. The largest absolute Gasteiger partial charge is 0.393 e. The molecule has 5 rings (SSSR count).